The van der Waals surface area contributed by atoms with E-state index in [1.807, 2.05) is 0 Å². The van der Waals surface area contributed by atoms with Gasteiger partial charge in [-0.25, -0.2) is 0 Å². The van der Waals surface area contributed by atoms with Crippen LogP contribution >= 0.6 is 0 Å². The second-order valence-electron chi connectivity index (χ2n) is 6.46. The molecular formula is C14H30N2. The molecule has 2 nitrogen and oxygen atoms in total. The molecule has 1 rings (SSSR count). The van der Waals surface area contributed by atoms with Crippen LogP contribution in [0.2, 0.25) is 0 Å². The van der Waals surface area contributed by atoms with E-state index in [-0.39, 0.29) is 5.54 Å². The van der Waals surface area contributed by atoms with Crippen molar-refractivity contribution in [2.45, 2.75) is 58.5 Å². The summed E-state index contributed by atoms with van der Waals surface area (Å²) < 4.78 is 0. The average Bonchev–Trinajstić information content (AvgIpc) is 2.20. The summed E-state index contributed by atoms with van der Waals surface area (Å²) >= 11 is 0. The van der Waals surface area contributed by atoms with Crippen LogP contribution in [-0.4, -0.2) is 37.1 Å². The first-order valence-corrected chi connectivity index (χ1v) is 6.75. The van der Waals surface area contributed by atoms with Gasteiger partial charge < -0.3 is 10.2 Å². The first kappa shape index (κ1) is 14.0. The molecule has 16 heavy (non-hydrogen) atoms. The zero-order chi connectivity index (χ0) is 12.3. The fourth-order valence-corrected chi connectivity index (χ4v) is 2.41. The van der Waals surface area contributed by atoms with Gasteiger partial charge in [0.05, 0.1) is 0 Å². The molecule has 1 aliphatic carbocycles. The van der Waals surface area contributed by atoms with Crippen LogP contribution < -0.4 is 5.32 Å². The zero-order valence-corrected chi connectivity index (χ0v) is 12.0. The lowest BCUT2D eigenvalue weighted by Gasteiger charge is -2.39. The van der Waals surface area contributed by atoms with E-state index in [1.165, 1.54) is 19.3 Å². The van der Waals surface area contributed by atoms with Gasteiger partial charge in [-0.3, -0.25) is 0 Å². The van der Waals surface area contributed by atoms with E-state index in [4.69, 9.17) is 0 Å². The first-order chi connectivity index (χ1) is 7.34. The second kappa shape index (κ2) is 5.50. The highest BCUT2D eigenvalue weighted by molar-refractivity contribution is 4.87. The van der Waals surface area contributed by atoms with Crippen LogP contribution in [0.25, 0.3) is 0 Å². The smallest absolute Gasteiger partial charge is 0.0271 e. The molecule has 96 valence electrons. The fraction of sp³-hybridized carbons (Fsp3) is 1.00. The summed E-state index contributed by atoms with van der Waals surface area (Å²) in [5.74, 6) is 1.71. The molecular weight excluding hydrogens is 196 g/mol. The van der Waals surface area contributed by atoms with Crippen molar-refractivity contribution in [2.24, 2.45) is 11.8 Å². The SMILES string of the molecule is CC1CCCC(NCC(C)(C)N(C)C)C1C. The lowest BCUT2D eigenvalue weighted by Crippen LogP contribution is -2.51. The summed E-state index contributed by atoms with van der Waals surface area (Å²) in [6.07, 6.45) is 4.16. The molecule has 2 heteroatoms. The molecule has 0 spiro atoms. The van der Waals surface area contributed by atoms with Gasteiger partial charge in [-0.1, -0.05) is 26.7 Å². The Labute approximate surface area is 102 Å². The molecule has 0 aromatic rings. The molecule has 0 bridgehead atoms. The Bertz CT molecular complexity index is 211. The van der Waals surface area contributed by atoms with Gasteiger partial charge in [0.25, 0.3) is 0 Å². The normalized spacial score (nSPS) is 32.1. The summed E-state index contributed by atoms with van der Waals surface area (Å²) in [4.78, 5) is 2.30. The Morgan fingerprint density at radius 3 is 2.38 bits per heavy atom. The third kappa shape index (κ3) is 3.46. The predicted octanol–water partition coefficient (Wildman–Crippen LogP) is 2.74. The number of nitrogens with one attached hydrogen (secondary N) is 1. The Morgan fingerprint density at radius 1 is 1.19 bits per heavy atom. The largest absolute Gasteiger partial charge is 0.312 e. The van der Waals surface area contributed by atoms with Crippen molar-refractivity contribution >= 4 is 0 Å². The minimum Gasteiger partial charge on any atom is -0.312 e. The van der Waals surface area contributed by atoms with Gasteiger partial charge in [-0.05, 0) is 46.2 Å². The van der Waals surface area contributed by atoms with Crippen LogP contribution in [0.15, 0.2) is 0 Å². The van der Waals surface area contributed by atoms with Gasteiger partial charge in [0, 0.05) is 18.1 Å². The number of likely N-dealkylation sites (N-methyl/N-ethyl adjacent to an activating group) is 1. The molecule has 0 aromatic carbocycles. The van der Waals surface area contributed by atoms with Gasteiger partial charge in [-0.2, -0.15) is 0 Å². The molecule has 0 aromatic heterocycles. The van der Waals surface area contributed by atoms with Crippen LogP contribution in [0.4, 0.5) is 0 Å². The van der Waals surface area contributed by atoms with E-state index >= 15 is 0 Å². The molecule has 0 amide bonds. The van der Waals surface area contributed by atoms with Gasteiger partial charge in [-0.15, -0.1) is 0 Å². The highest BCUT2D eigenvalue weighted by Gasteiger charge is 2.29. The number of hydrogen-bond donors (Lipinski definition) is 1. The minimum absolute atomic E-state index is 0.250. The van der Waals surface area contributed by atoms with Crippen LogP contribution in [0.1, 0.15) is 47.0 Å². The topological polar surface area (TPSA) is 15.3 Å². The Morgan fingerprint density at radius 2 is 1.81 bits per heavy atom. The minimum atomic E-state index is 0.250. The lowest BCUT2D eigenvalue weighted by molar-refractivity contribution is 0.152. The highest BCUT2D eigenvalue weighted by Crippen LogP contribution is 2.29. The van der Waals surface area contributed by atoms with Crippen molar-refractivity contribution in [3.63, 3.8) is 0 Å². The maximum Gasteiger partial charge on any atom is 0.0271 e. The molecule has 1 N–H and O–H groups in total. The predicted molar refractivity (Wildman–Crippen MR) is 71.7 cm³/mol. The van der Waals surface area contributed by atoms with E-state index in [9.17, 15) is 0 Å². The van der Waals surface area contributed by atoms with Crippen molar-refractivity contribution in [2.75, 3.05) is 20.6 Å². The maximum absolute atomic E-state index is 3.78. The van der Waals surface area contributed by atoms with Gasteiger partial charge in [0.15, 0.2) is 0 Å². The Hall–Kier alpha value is -0.0800. The molecule has 0 heterocycles. The molecule has 0 radical (unpaired) electrons. The average molecular weight is 226 g/mol. The van der Waals surface area contributed by atoms with Crippen LogP contribution in [0, 0.1) is 11.8 Å². The van der Waals surface area contributed by atoms with Crippen LogP contribution in [0.5, 0.6) is 0 Å². The first-order valence-electron chi connectivity index (χ1n) is 6.75. The number of hydrogen-bond acceptors (Lipinski definition) is 2. The second-order valence-corrected chi connectivity index (χ2v) is 6.46. The van der Waals surface area contributed by atoms with E-state index in [0.29, 0.717) is 0 Å². The molecule has 0 aliphatic heterocycles. The van der Waals surface area contributed by atoms with E-state index in [1.54, 1.807) is 0 Å². The van der Waals surface area contributed by atoms with Crippen molar-refractivity contribution in [1.82, 2.24) is 10.2 Å². The molecule has 1 fully saturated rings. The number of rotatable bonds is 4. The van der Waals surface area contributed by atoms with Gasteiger partial charge in [0.1, 0.15) is 0 Å². The summed E-state index contributed by atoms with van der Waals surface area (Å²) in [6, 6.07) is 0.725. The highest BCUT2D eigenvalue weighted by atomic mass is 15.2. The monoisotopic (exact) mass is 226 g/mol. The molecule has 0 saturated heterocycles. The summed E-state index contributed by atoms with van der Waals surface area (Å²) in [5.41, 5.74) is 0.250. The summed E-state index contributed by atoms with van der Waals surface area (Å²) in [5, 5.41) is 3.78. The van der Waals surface area contributed by atoms with Crippen LogP contribution in [-0.2, 0) is 0 Å². The fourth-order valence-electron chi connectivity index (χ4n) is 2.41. The molecule has 3 atom stereocenters. The quantitative estimate of drug-likeness (QED) is 0.793. The Kier molecular flexibility index (Phi) is 4.81. The van der Waals surface area contributed by atoms with Gasteiger partial charge >= 0.3 is 0 Å². The van der Waals surface area contributed by atoms with Crippen molar-refractivity contribution in [1.29, 1.82) is 0 Å². The summed E-state index contributed by atoms with van der Waals surface area (Å²) in [6.45, 7) is 10.5. The van der Waals surface area contributed by atoms with Crippen molar-refractivity contribution < 1.29 is 0 Å². The van der Waals surface area contributed by atoms with E-state index < -0.39 is 0 Å². The van der Waals surface area contributed by atoms with E-state index in [0.717, 1.165) is 24.4 Å². The molecule has 3 unspecified atom stereocenters. The molecule has 1 saturated carbocycles. The van der Waals surface area contributed by atoms with E-state index in [2.05, 4.69) is 52.0 Å². The summed E-state index contributed by atoms with van der Waals surface area (Å²) in [7, 11) is 4.32. The Balaban J connectivity index is 2.42. The van der Waals surface area contributed by atoms with Gasteiger partial charge in [0.2, 0.25) is 0 Å². The number of nitrogens with zero attached hydrogens (tertiary/aromatic N) is 1. The standard InChI is InChI=1S/C14H30N2/c1-11-8-7-9-13(12(11)2)15-10-14(3,4)16(5)6/h11-13,15H,7-10H2,1-6H3. The van der Waals surface area contributed by atoms with Crippen LogP contribution in [0.3, 0.4) is 0 Å². The third-order valence-corrected chi connectivity index (χ3v) is 4.71. The van der Waals surface area contributed by atoms with Crippen molar-refractivity contribution in [3.05, 3.63) is 0 Å². The van der Waals surface area contributed by atoms with Crippen molar-refractivity contribution in [3.8, 4) is 0 Å². The molecule has 1 aliphatic rings. The lowest BCUT2D eigenvalue weighted by atomic mass is 9.78. The third-order valence-electron chi connectivity index (χ3n) is 4.71. The maximum atomic E-state index is 3.78. The zero-order valence-electron chi connectivity index (χ0n) is 12.0.